The number of hydrogen-bond acceptors (Lipinski definition) is 3. The summed E-state index contributed by atoms with van der Waals surface area (Å²) in [5.74, 6) is 0. The van der Waals surface area contributed by atoms with Gasteiger partial charge in [0, 0.05) is 11.8 Å². The molecule has 0 spiro atoms. The van der Waals surface area contributed by atoms with E-state index in [1.807, 2.05) is 11.8 Å². The van der Waals surface area contributed by atoms with Crippen molar-refractivity contribution in [3.05, 3.63) is 11.6 Å². The van der Waals surface area contributed by atoms with Gasteiger partial charge in [0.05, 0.1) is 0 Å². The van der Waals surface area contributed by atoms with Gasteiger partial charge in [-0.1, -0.05) is 20.8 Å². The molecule has 2 heterocycles. The van der Waals surface area contributed by atoms with E-state index in [2.05, 4.69) is 45.3 Å². The van der Waals surface area contributed by atoms with Crippen LogP contribution in [0.5, 0.6) is 0 Å². The SMILES string of the molecule is CC(C)(C)[Si](C)(C)OC1C=C2CNCCC2S1. The van der Waals surface area contributed by atoms with Crippen molar-refractivity contribution in [3.63, 3.8) is 0 Å². The molecule has 2 nitrogen and oxygen atoms in total. The van der Waals surface area contributed by atoms with Gasteiger partial charge in [-0.3, -0.25) is 0 Å². The van der Waals surface area contributed by atoms with Gasteiger partial charge in [0.15, 0.2) is 8.32 Å². The fraction of sp³-hybridized carbons (Fsp3) is 0.846. The predicted molar refractivity (Wildman–Crippen MR) is 79.0 cm³/mol. The maximum Gasteiger partial charge on any atom is 0.194 e. The number of nitrogens with one attached hydrogen (secondary N) is 1. The normalized spacial score (nSPS) is 30.1. The highest BCUT2D eigenvalue weighted by atomic mass is 32.2. The van der Waals surface area contributed by atoms with Gasteiger partial charge >= 0.3 is 0 Å². The van der Waals surface area contributed by atoms with Crippen LogP contribution in [0.15, 0.2) is 11.6 Å². The Kier molecular flexibility index (Phi) is 3.79. The highest BCUT2D eigenvalue weighted by Crippen LogP contribution is 2.43. The van der Waals surface area contributed by atoms with Gasteiger partial charge in [0.2, 0.25) is 0 Å². The Balaban J connectivity index is 2.00. The zero-order valence-electron chi connectivity index (χ0n) is 11.7. The first kappa shape index (κ1) is 13.7. The zero-order valence-corrected chi connectivity index (χ0v) is 13.5. The highest BCUT2D eigenvalue weighted by Gasteiger charge is 2.41. The van der Waals surface area contributed by atoms with Gasteiger partial charge in [0.25, 0.3) is 0 Å². The lowest BCUT2D eigenvalue weighted by Crippen LogP contribution is -2.42. The zero-order chi connectivity index (χ0) is 12.7. The fourth-order valence-corrected chi connectivity index (χ4v) is 5.11. The van der Waals surface area contributed by atoms with Crippen LogP contribution in [0.25, 0.3) is 0 Å². The molecule has 2 aliphatic rings. The summed E-state index contributed by atoms with van der Waals surface area (Å²) in [6.07, 6.45) is 3.62. The molecule has 0 aromatic heterocycles. The minimum Gasteiger partial charge on any atom is -0.402 e. The topological polar surface area (TPSA) is 21.3 Å². The molecule has 0 aromatic carbocycles. The summed E-state index contributed by atoms with van der Waals surface area (Å²) in [4.78, 5) is 0. The molecular weight excluding hydrogens is 246 g/mol. The molecule has 2 atom stereocenters. The summed E-state index contributed by atoms with van der Waals surface area (Å²) in [6, 6.07) is 0. The Hall–Kier alpha value is 0.227. The molecule has 1 saturated heterocycles. The van der Waals surface area contributed by atoms with Gasteiger partial charge in [-0.15, -0.1) is 11.8 Å². The van der Waals surface area contributed by atoms with Crippen LogP contribution in [0.4, 0.5) is 0 Å². The molecule has 1 N–H and O–H groups in total. The van der Waals surface area contributed by atoms with Crippen LogP contribution in [0.3, 0.4) is 0 Å². The number of thioether (sulfide) groups is 1. The average molecular weight is 272 g/mol. The average Bonchev–Trinajstić information content (AvgIpc) is 2.56. The lowest BCUT2D eigenvalue weighted by molar-refractivity contribution is 0.301. The van der Waals surface area contributed by atoms with E-state index >= 15 is 0 Å². The molecule has 2 rings (SSSR count). The van der Waals surface area contributed by atoms with E-state index in [1.54, 1.807) is 5.57 Å². The highest BCUT2D eigenvalue weighted by molar-refractivity contribution is 8.01. The predicted octanol–water partition coefficient (Wildman–Crippen LogP) is 3.37. The van der Waals surface area contributed by atoms with E-state index in [0.29, 0.717) is 15.7 Å². The van der Waals surface area contributed by atoms with Crippen molar-refractivity contribution in [2.45, 2.75) is 56.0 Å². The van der Waals surface area contributed by atoms with E-state index in [0.717, 1.165) is 13.1 Å². The molecular formula is C13H25NOSSi. The molecule has 98 valence electrons. The third-order valence-corrected chi connectivity index (χ3v) is 10.2. The van der Waals surface area contributed by atoms with Crippen molar-refractivity contribution in [2.75, 3.05) is 13.1 Å². The lowest BCUT2D eigenvalue weighted by Gasteiger charge is -2.38. The molecule has 0 radical (unpaired) electrons. The van der Waals surface area contributed by atoms with E-state index in [-0.39, 0.29) is 0 Å². The Labute approximate surface area is 111 Å². The second kappa shape index (κ2) is 4.72. The maximum absolute atomic E-state index is 6.45. The third kappa shape index (κ3) is 2.97. The molecule has 0 bridgehead atoms. The smallest absolute Gasteiger partial charge is 0.194 e. The number of hydrogen-bond donors (Lipinski definition) is 1. The van der Waals surface area contributed by atoms with Crippen molar-refractivity contribution in [1.82, 2.24) is 5.32 Å². The minimum absolute atomic E-state index is 0.302. The summed E-state index contributed by atoms with van der Waals surface area (Å²) >= 11 is 2.02. The molecule has 4 heteroatoms. The van der Waals surface area contributed by atoms with Gasteiger partial charge in [-0.2, -0.15) is 0 Å². The standard InChI is InChI=1S/C13H25NOSSi/c1-13(2,3)17(4,5)15-12-8-10-9-14-7-6-11(10)16-12/h8,11-12,14H,6-7,9H2,1-5H3. The number of rotatable bonds is 2. The quantitative estimate of drug-likeness (QED) is 0.614. The Morgan fingerprint density at radius 1 is 1.41 bits per heavy atom. The monoisotopic (exact) mass is 271 g/mol. The van der Waals surface area contributed by atoms with Crippen LogP contribution in [0, 0.1) is 0 Å². The second-order valence-electron chi connectivity index (χ2n) is 6.58. The molecule has 1 fully saturated rings. The first-order valence-electron chi connectivity index (χ1n) is 6.54. The van der Waals surface area contributed by atoms with Crippen LogP contribution in [-0.2, 0) is 4.43 Å². The van der Waals surface area contributed by atoms with Gasteiger partial charge in [-0.05, 0) is 42.7 Å². The number of fused-ring (bicyclic) bond motifs is 1. The Morgan fingerprint density at radius 3 is 2.71 bits per heavy atom. The van der Waals surface area contributed by atoms with Crippen molar-refractivity contribution in [3.8, 4) is 0 Å². The molecule has 0 aliphatic carbocycles. The van der Waals surface area contributed by atoms with E-state index < -0.39 is 8.32 Å². The summed E-state index contributed by atoms with van der Waals surface area (Å²) in [5.41, 5.74) is 1.86. The molecule has 0 saturated carbocycles. The lowest BCUT2D eigenvalue weighted by atomic mass is 10.1. The van der Waals surface area contributed by atoms with Crippen LogP contribution in [0.2, 0.25) is 18.1 Å². The summed E-state index contributed by atoms with van der Waals surface area (Å²) in [7, 11) is -1.62. The second-order valence-corrected chi connectivity index (χ2v) is 12.6. The van der Waals surface area contributed by atoms with Gasteiger partial charge < -0.3 is 9.74 Å². The van der Waals surface area contributed by atoms with Crippen LogP contribution in [-0.4, -0.2) is 32.1 Å². The van der Waals surface area contributed by atoms with Crippen molar-refractivity contribution in [2.24, 2.45) is 0 Å². The van der Waals surface area contributed by atoms with Crippen molar-refractivity contribution < 1.29 is 4.43 Å². The largest absolute Gasteiger partial charge is 0.402 e. The van der Waals surface area contributed by atoms with Crippen LogP contribution >= 0.6 is 11.8 Å². The number of piperidine rings is 1. The van der Waals surface area contributed by atoms with Crippen LogP contribution in [0.1, 0.15) is 27.2 Å². The van der Waals surface area contributed by atoms with Crippen molar-refractivity contribution in [1.29, 1.82) is 0 Å². The molecule has 2 unspecified atom stereocenters. The van der Waals surface area contributed by atoms with Crippen LogP contribution < -0.4 is 5.32 Å². The van der Waals surface area contributed by atoms with Gasteiger partial charge in [-0.25, -0.2) is 0 Å². The fourth-order valence-electron chi connectivity index (χ4n) is 1.99. The molecule has 17 heavy (non-hydrogen) atoms. The minimum atomic E-state index is -1.62. The van der Waals surface area contributed by atoms with Crippen molar-refractivity contribution >= 4 is 20.1 Å². The molecule has 0 aromatic rings. The third-order valence-electron chi connectivity index (χ3n) is 4.19. The molecule has 2 aliphatic heterocycles. The molecule has 0 amide bonds. The van der Waals surface area contributed by atoms with E-state index in [9.17, 15) is 0 Å². The van der Waals surface area contributed by atoms with Gasteiger partial charge in [0.1, 0.15) is 5.44 Å². The van der Waals surface area contributed by atoms with E-state index in [4.69, 9.17) is 4.43 Å². The first-order chi connectivity index (χ1) is 7.79. The van der Waals surface area contributed by atoms with E-state index in [1.165, 1.54) is 6.42 Å². The summed E-state index contributed by atoms with van der Waals surface area (Å²) < 4.78 is 6.45. The Morgan fingerprint density at radius 2 is 2.12 bits per heavy atom. The summed E-state index contributed by atoms with van der Waals surface area (Å²) in [6.45, 7) is 13.8. The summed E-state index contributed by atoms with van der Waals surface area (Å²) in [5, 5.41) is 4.46. The maximum atomic E-state index is 6.45. The first-order valence-corrected chi connectivity index (χ1v) is 10.4. The Bertz CT molecular complexity index is 322.